The minimum absolute atomic E-state index is 0.0838. The summed E-state index contributed by atoms with van der Waals surface area (Å²) in [6, 6.07) is 3.61. The average Bonchev–Trinajstić information content (AvgIpc) is 3.30. The van der Waals surface area contributed by atoms with Gasteiger partial charge in [0.15, 0.2) is 5.13 Å². The van der Waals surface area contributed by atoms with Gasteiger partial charge >= 0.3 is 5.69 Å². The van der Waals surface area contributed by atoms with Gasteiger partial charge in [-0.2, -0.15) is 0 Å². The highest BCUT2D eigenvalue weighted by molar-refractivity contribution is 7.14. The Morgan fingerprint density at radius 2 is 2.11 bits per heavy atom. The van der Waals surface area contributed by atoms with E-state index in [0.717, 1.165) is 27.0 Å². The van der Waals surface area contributed by atoms with Crippen LogP contribution in [0.1, 0.15) is 20.9 Å². The van der Waals surface area contributed by atoms with Crippen molar-refractivity contribution in [2.24, 2.45) is 0 Å². The molecule has 0 spiro atoms. The van der Waals surface area contributed by atoms with Crippen LogP contribution >= 0.6 is 22.7 Å². The number of rotatable bonds is 6. The number of nitrogens with one attached hydrogen (secondary N) is 3. The van der Waals surface area contributed by atoms with E-state index >= 15 is 0 Å². The molecule has 0 aliphatic carbocycles. The molecule has 0 aliphatic heterocycles. The molecule has 0 atom stereocenters. The molecule has 0 aliphatic rings. The molecule has 0 saturated heterocycles. The molecule has 0 aromatic carbocycles. The quantitative estimate of drug-likeness (QED) is 0.555. The molecule has 0 fully saturated rings. The lowest BCUT2D eigenvalue weighted by atomic mass is 10.3. The first kappa shape index (κ1) is 18.7. The number of anilines is 1. The van der Waals surface area contributed by atoms with E-state index in [4.69, 9.17) is 0 Å². The third-order valence-corrected chi connectivity index (χ3v) is 5.26. The van der Waals surface area contributed by atoms with Crippen LogP contribution in [-0.2, 0) is 17.8 Å². The number of aromatic amines is 1. The van der Waals surface area contributed by atoms with Gasteiger partial charge in [-0.15, -0.1) is 22.7 Å². The van der Waals surface area contributed by atoms with Crippen LogP contribution in [-0.4, -0.2) is 33.4 Å². The van der Waals surface area contributed by atoms with Crippen LogP contribution in [0.25, 0.3) is 0 Å². The first-order chi connectivity index (χ1) is 13.0. The van der Waals surface area contributed by atoms with Crippen molar-refractivity contribution in [3.8, 4) is 0 Å². The third-order valence-electron chi connectivity index (χ3n) is 3.59. The molecule has 9 nitrogen and oxygen atoms in total. The summed E-state index contributed by atoms with van der Waals surface area (Å²) in [5.74, 6) is -0.882. The standard InChI is InChI=1S/C16H15N5O4S2/c1-17-12(22)5-9-8-27-15(19-9)20-13(23)11-6-18-16(25)21(14(11)24)7-10-3-2-4-26-10/h2-4,6,8H,5,7H2,1H3,(H,17,22)(H,18,25)(H,19,20,23). The van der Waals surface area contributed by atoms with Crippen LogP contribution in [0, 0.1) is 0 Å². The third kappa shape index (κ3) is 4.38. The summed E-state index contributed by atoms with van der Waals surface area (Å²) in [6.45, 7) is 0.0838. The van der Waals surface area contributed by atoms with E-state index in [0.29, 0.717) is 5.69 Å². The molecular formula is C16H15N5O4S2. The van der Waals surface area contributed by atoms with Crippen LogP contribution in [0.4, 0.5) is 5.13 Å². The largest absolute Gasteiger partial charge is 0.359 e. The van der Waals surface area contributed by atoms with Crippen molar-refractivity contribution >= 4 is 39.6 Å². The maximum atomic E-state index is 12.6. The number of carbonyl (C=O) groups is 2. The topological polar surface area (TPSA) is 126 Å². The predicted molar refractivity (Wildman–Crippen MR) is 103 cm³/mol. The summed E-state index contributed by atoms with van der Waals surface area (Å²) in [5.41, 5.74) is -0.973. The smallest absolute Gasteiger partial charge is 0.328 e. The zero-order valence-corrected chi connectivity index (χ0v) is 15.8. The molecule has 3 rings (SSSR count). The van der Waals surface area contributed by atoms with E-state index in [9.17, 15) is 19.2 Å². The lowest BCUT2D eigenvalue weighted by Crippen LogP contribution is -2.39. The number of thiazole rings is 1. The number of aromatic nitrogens is 3. The lowest BCUT2D eigenvalue weighted by molar-refractivity contribution is -0.120. The normalized spacial score (nSPS) is 10.6. The SMILES string of the molecule is CNC(=O)Cc1csc(NC(=O)c2c[nH]c(=O)n(Cc3cccs3)c2=O)n1. The Hall–Kier alpha value is -3.05. The molecule has 140 valence electrons. The Morgan fingerprint density at radius 1 is 1.30 bits per heavy atom. The van der Waals surface area contributed by atoms with Crippen molar-refractivity contribution in [2.45, 2.75) is 13.0 Å². The minimum atomic E-state index is -0.688. The van der Waals surface area contributed by atoms with E-state index in [2.05, 4.69) is 20.6 Å². The number of hydrogen-bond acceptors (Lipinski definition) is 7. The second-order valence-corrected chi connectivity index (χ2v) is 7.32. The molecule has 3 N–H and O–H groups in total. The second kappa shape index (κ2) is 8.10. The maximum absolute atomic E-state index is 12.6. The molecule has 3 heterocycles. The summed E-state index contributed by atoms with van der Waals surface area (Å²) >= 11 is 2.55. The molecule has 0 saturated carbocycles. The highest BCUT2D eigenvalue weighted by Crippen LogP contribution is 2.16. The number of hydrogen-bond donors (Lipinski definition) is 3. The van der Waals surface area contributed by atoms with Gasteiger partial charge in [-0.1, -0.05) is 6.07 Å². The maximum Gasteiger partial charge on any atom is 0.328 e. The summed E-state index contributed by atoms with van der Waals surface area (Å²) in [7, 11) is 1.52. The van der Waals surface area contributed by atoms with Crippen molar-refractivity contribution in [3.63, 3.8) is 0 Å². The van der Waals surface area contributed by atoms with Gasteiger partial charge in [-0.25, -0.2) is 9.78 Å². The average molecular weight is 405 g/mol. The molecule has 3 aromatic heterocycles. The van der Waals surface area contributed by atoms with Crippen LogP contribution in [0.5, 0.6) is 0 Å². The molecule has 0 radical (unpaired) electrons. The number of carbonyl (C=O) groups excluding carboxylic acids is 2. The molecular weight excluding hydrogens is 390 g/mol. The zero-order valence-electron chi connectivity index (χ0n) is 14.1. The van der Waals surface area contributed by atoms with Crippen molar-refractivity contribution < 1.29 is 9.59 Å². The first-order valence-electron chi connectivity index (χ1n) is 7.79. The summed E-state index contributed by atoms with van der Waals surface area (Å²) in [5, 5.41) is 8.75. The van der Waals surface area contributed by atoms with Gasteiger partial charge in [0, 0.05) is 23.5 Å². The van der Waals surface area contributed by atoms with Gasteiger partial charge in [-0.3, -0.25) is 24.3 Å². The van der Waals surface area contributed by atoms with Gasteiger partial charge in [0.25, 0.3) is 11.5 Å². The van der Waals surface area contributed by atoms with E-state index in [1.54, 1.807) is 11.4 Å². The second-order valence-electron chi connectivity index (χ2n) is 5.43. The summed E-state index contributed by atoms with van der Waals surface area (Å²) in [4.78, 5) is 55.7. The molecule has 0 bridgehead atoms. The van der Waals surface area contributed by atoms with Crippen molar-refractivity contribution in [1.82, 2.24) is 19.9 Å². The van der Waals surface area contributed by atoms with Crippen molar-refractivity contribution in [1.29, 1.82) is 0 Å². The molecule has 27 heavy (non-hydrogen) atoms. The van der Waals surface area contributed by atoms with Gasteiger partial charge in [0.1, 0.15) is 5.56 Å². The van der Waals surface area contributed by atoms with E-state index in [1.807, 2.05) is 11.4 Å². The minimum Gasteiger partial charge on any atom is -0.359 e. The predicted octanol–water partition coefficient (Wildman–Crippen LogP) is 0.644. The Labute approximate surface area is 160 Å². The number of nitrogens with zero attached hydrogens (tertiary/aromatic N) is 2. The molecule has 2 amide bonds. The number of thiophene rings is 1. The van der Waals surface area contributed by atoms with Gasteiger partial charge in [0.2, 0.25) is 5.91 Å². The number of likely N-dealkylation sites (N-methyl/N-ethyl adjacent to an activating group) is 1. The monoisotopic (exact) mass is 405 g/mol. The van der Waals surface area contributed by atoms with Crippen LogP contribution in [0.2, 0.25) is 0 Å². The number of amides is 2. The fourth-order valence-electron chi connectivity index (χ4n) is 2.24. The number of H-pyrrole nitrogens is 1. The fourth-order valence-corrected chi connectivity index (χ4v) is 3.64. The Bertz CT molecular complexity index is 1080. The highest BCUT2D eigenvalue weighted by atomic mass is 32.1. The highest BCUT2D eigenvalue weighted by Gasteiger charge is 2.17. The summed E-state index contributed by atoms with van der Waals surface area (Å²) in [6.07, 6.45) is 1.18. The van der Waals surface area contributed by atoms with E-state index in [1.165, 1.54) is 18.4 Å². The zero-order chi connectivity index (χ0) is 19.4. The van der Waals surface area contributed by atoms with Crippen molar-refractivity contribution in [3.05, 3.63) is 66.1 Å². The van der Waals surface area contributed by atoms with Gasteiger partial charge in [-0.05, 0) is 11.4 Å². The lowest BCUT2D eigenvalue weighted by Gasteiger charge is -2.06. The molecule has 11 heteroatoms. The Morgan fingerprint density at radius 3 is 2.81 bits per heavy atom. The summed E-state index contributed by atoms with van der Waals surface area (Å²) < 4.78 is 0.972. The Balaban J connectivity index is 1.80. The van der Waals surface area contributed by atoms with Gasteiger partial charge < -0.3 is 10.3 Å². The fraction of sp³-hybridized carbons (Fsp3) is 0.188. The molecule has 0 unspecified atom stereocenters. The first-order valence-corrected chi connectivity index (χ1v) is 9.55. The molecule has 3 aromatic rings. The van der Waals surface area contributed by atoms with Crippen molar-refractivity contribution in [2.75, 3.05) is 12.4 Å². The van der Waals surface area contributed by atoms with E-state index in [-0.39, 0.29) is 29.6 Å². The van der Waals surface area contributed by atoms with Gasteiger partial charge in [0.05, 0.1) is 18.7 Å². The van der Waals surface area contributed by atoms with Crippen LogP contribution < -0.4 is 21.9 Å². The Kier molecular flexibility index (Phi) is 5.62. The van der Waals surface area contributed by atoms with E-state index < -0.39 is 17.2 Å². The van der Waals surface area contributed by atoms with Crippen LogP contribution in [0.15, 0.2) is 38.7 Å². The van der Waals surface area contributed by atoms with Crippen LogP contribution in [0.3, 0.4) is 0 Å².